The molecule has 2 atom stereocenters. The van der Waals surface area contributed by atoms with Crippen LogP contribution in [-0.4, -0.2) is 45.1 Å². The SMILES string of the molecule is N[C@@H](CCC(=O)SC[C@H](N)C(=O)O)C(=O)O. The molecular formula is C8H14N2O5S. The van der Waals surface area contributed by atoms with Gasteiger partial charge in [0.25, 0.3) is 0 Å². The maximum absolute atomic E-state index is 11.2. The van der Waals surface area contributed by atoms with E-state index in [0.29, 0.717) is 0 Å². The van der Waals surface area contributed by atoms with Gasteiger partial charge in [0, 0.05) is 12.2 Å². The third kappa shape index (κ3) is 6.38. The summed E-state index contributed by atoms with van der Waals surface area (Å²) in [5, 5.41) is 16.6. The molecule has 8 heteroatoms. The van der Waals surface area contributed by atoms with Gasteiger partial charge < -0.3 is 21.7 Å². The molecule has 0 aliphatic heterocycles. The molecule has 0 fully saturated rings. The van der Waals surface area contributed by atoms with Crippen molar-refractivity contribution < 1.29 is 24.6 Å². The van der Waals surface area contributed by atoms with Crippen molar-refractivity contribution in [1.82, 2.24) is 0 Å². The fourth-order valence-corrected chi connectivity index (χ4v) is 1.49. The van der Waals surface area contributed by atoms with Crippen molar-refractivity contribution >= 4 is 28.8 Å². The van der Waals surface area contributed by atoms with E-state index < -0.39 is 24.0 Å². The molecule has 0 aliphatic rings. The zero-order chi connectivity index (χ0) is 12.7. The molecule has 6 N–H and O–H groups in total. The van der Waals surface area contributed by atoms with Crippen LogP contribution in [0.25, 0.3) is 0 Å². The summed E-state index contributed by atoms with van der Waals surface area (Å²) in [5.41, 5.74) is 10.4. The Morgan fingerprint density at radius 3 is 2.00 bits per heavy atom. The van der Waals surface area contributed by atoms with Gasteiger partial charge >= 0.3 is 11.9 Å². The van der Waals surface area contributed by atoms with Gasteiger partial charge in [0.2, 0.25) is 0 Å². The fraction of sp³-hybridized carbons (Fsp3) is 0.625. The van der Waals surface area contributed by atoms with Crippen molar-refractivity contribution in [1.29, 1.82) is 0 Å². The van der Waals surface area contributed by atoms with Gasteiger partial charge in [-0.05, 0) is 6.42 Å². The molecule has 0 rings (SSSR count). The number of carbonyl (C=O) groups excluding carboxylic acids is 1. The smallest absolute Gasteiger partial charge is 0.321 e. The number of carboxylic acid groups (broad SMARTS) is 2. The molecule has 0 radical (unpaired) electrons. The highest BCUT2D eigenvalue weighted by molar-refractivity contribution is 8.13. The molecular weight excluding hydrogens is 236 g/mol. The van der Waals surface area contributed by atoms with Crippen LogP contribution in [0.2, 0.25) is 0 Å². The van der Waals surface area contributed by atoms with E-state index in [1.807, 2.05) is 0 Å². The van der Waals surface area contributed by atoms with E-state index in [1.54, 1.807) is 0 Å². The minimum absolute atomic E-state index is 0.00945. The maximum Gasteiger partial charge on any atom is 0.321 e. The third-order valence-corrected chi connectivity index (χ3v) is 2.77. The van der Waals surface area contributed by atoms with Crippen LogP contribution in [0.5, 0.6) is 0 Å². The van der Waals surface area contributed by atoms with Crippen molar-refractivity contribution in [3.63, 3.8) is 0 Å². The first-order chi connectivity index (χ1) is 7.34. The Bertz CT molecular complexity index is 258. The van der Waals surface area contributed by atoms with Gasteiger partial charge in [-0.1, -0.05) is 11.8 Å². The molecule has 92 valence electrons. The van der Waals surface area contributed by atoms with Gasteiger partial charge in [0.1, 0.15) is 12.1 Å². The topological polar surface area (TPSA) is 144 Å². The van der Waals surface area contributed by atoms with Gasteiger partial charge in [-0.3, -0.25) is 14.4 Å². The van der Waals surface area contributed by atoms with Gasteiger partial charge in [-0.15, -0.1) is 0 Å². The quantitative estimate of drug-likeness (QED) is 0.443. The van der Waals surface area contributed by atoms with Crippen LogP contribution in [-0.2, 0) is 14.4 Å². The average Bonchev–Trinajstić information content (AvgIpc) is 2.21. The summed E-state index contributed by atoms with van der Waals surface area (Å²) in [6.45, 7) is 0. The second-order valence-electron chi connectivity index (χ2n) is 3.11. The molecule has 0 bridgehead atoms. The molecule has 0 amide bonds. The van der Waals surface area contributed by atoms with Gasteiger partial charge in [0.05, 0.1) is 0 Å². The number of hydrogen-bond acceptors (Lipinski definition) is 6. The molecule has 0 saturated heterocycles. The van der Waals surface area contributed by atoms with Crippen molar-refractivity contribution in [2.75, 3.05) is 5.75 Å². The lowest BCUT2D eigenvalue weighted by molar-refractivity contribution is -0.139. The highest BCUT2D eigenvalue weighted by Crippen LogP contribution is 2.09. The predicted octanol–water partition coefficient (Wildman–Crippen LogP) is -1.15. The van der Waals surface area contributed by atoms with E-state index in [0.717, 1.165) is 11.8 Å². The van der Waals surface area contributed by atoms with Crippen LogP contribution in [0, 0.1) is 0 Å². The van der Waals surface area contributed by atoms with Crippen molar-refractivity contribution in [3.05, 3.63) is 0 Å². The van der Waals surface area contributed by atoms with Crippen molar-refractivity contribution in [2.45, 2.75) is 24.9 Å². The largest absolute Gasteiger partial charge is 0.480 e. The van der Waals surface area contributed by atoms with Gasteiger partial charge in [-0.25, -0.2) is 0 Å². The number of aliphatic carboxylic acids is 2. The Morgan fingerprint density at radius 2 is 1.56 bits per heavy atom. The van der Waals surface area contributed by atoms with Crippen molar-refractivity contribution in [3.8, 4) is 0 Å². The average molecular weight is 250 g/mol. The Hall–Kier alpha value is -1.12. The van der Waals surface area contributed by atoms with E-state index in [9.17, 15) is 14.4 Å². The first-order valence-corrected chi connectivity index (χ1v) is 5.45. The minimum Gasteiger partial charge on any atom is -0.480 e. The van der Waals surface area contributed by atoms with E-state index in [-0.39, 0.29) is 23.7 Å². The molecule has 0 aromatic heterocycles. The van der Waals surface area contributed by atoms with Crippen LogP contribution in [0.4, 0.5) is 0 Å². The third-order valence-electron chi connectivity index (χ3n) is 1.72. The van der Waals surface area contributed by atoms with Crippen LogP contribution >= 0.6 is 11.8 Å². The van der Waals surface area contributed by atoms with E-state index >= 15 is 0 Å². The number of rotatable bonds is 7. The molecule has 0 aromatic rings. The maximum atomic E-state index is 11.2. The number of carbonyl (C=O) groups is 3. The zero-order valence-electron chi connectivity index (χ0n) is 8.46. The Labute approximate surface area is 96.2 Å². The summed E-state index contributed by atoms with van der Waals surface area (Å²) in [4.78, 5) is 31.8. The van der Waals surface area contributed by atoms with Crippen LogP contribution in [0.15, 0.2) is 0 Å². The Morgan fingerprint density at radius 1 is 1.06 bits per heavy atom. The predicted molar refractivity (Wildman–Crippen MR) is 57.9 cm³/mol. The molecule has 0 aliphatic carbocycles. The molecule has 0 unspecified atom stereocenters. The molecule has 7 nitrogen and oxygen atoms in total. The first kappa shape index (κ1) is 14.9. The van der Waals surface area contributed by atoms with E-state index in [1.165, 1.54) is 0 Å². The molecule has 0 spiro atoms. The molecule has 0 heterocycles. The summed E-state index contributed by atoms with van der Waals surface area (Å²) in [6, 6.07) is -2.17. The monoisotopic (exact) mass is 250 g/mol. The normalized spacial score (nSPS) is 14.1. The number of thioether (sulfide) groups is 1. The highest BCUT2D eigenvalue weighted by Gasteiger charge is 2.16. The van der Waals surface area contributed by atoms with Gasteiger partial charge in [-0.2, -0.15) is 0 Å². The lowest BCUT2D eigenvalue weighted by Crippen LogP contribution is -2.33. The molecule has 0 saturated carbocycles. The van der Waals surface area contributed by atoms with Crippen LogP contribution in [0.1, 0.15) is 12.8 Å². The summed E-state index contributed by atoms with van der Waals surface area (Å²) in [6.07, 6.45) is 0.0218. The van der Waals surface area contributed by atoms with Crippen LogP contribution in [0.3, 0.4) is 0 Å². The number of carboxylic acids is 2. The fourth-order valence-electron chi connectivity index (χ4n) is 0.723. The van der Waals surface area contributed by atoms with Crippen LogP contribution < -0.4 is 11.5 Å². The summed E-state index contributed by atoms with van der Waals surface area (Å²) in [7, 11) is 0. The second-order valence-corrected chi connectivity index (χ2v) is 4.19. The molecule has 16 heavy (non-hydrogen) atoms. The van der Waals surface area contributed by atoms with E-state index in [4.69, 9.17) is 21.7 Å². The summed E-state index contributed by atoms with van der Waals surface area (Å²) >= 11 is 0.773. The number of hydrogen-bond donors (Lipinski definition) is 4. The lowest BCUT2D eigenvalue weighted by Gasteiger charge is -2.06. The standard InChI is InChI=1S/C8H14N2O5S/c9-4(7(12)13)1-2-6(11)16-3-5(10)8(14)15/h4-5H,1-3,9-10H2,(H,12,13)(H,14,15)/t4-,5-/m0/s1. The summed E-state index contributed by atoms with van der Waals surface area (Å²) < 4.78 is 0. The summed E-state index contributed by atoms with van der Waals surface area (Å²) in [5.74, 6) is -2.38. The first-order valence-electron chi connectivity index (χ1n) is 4.47. The highest BCUT2D eigenvalue weighted by atomic mass is 32.2. The second kappa shape index (κ2) is 7.20. The van der Waals surface area contributed by atoms with E-state index in [2.05, 4.69) is 0 Å². The molecule has 0 aromatic carbocycles. The van der Waals surface area contributed by atoms with Gasteiger partial charge in [0.15, 0.2) is 5.12 Å². The zero-order valence-corrected chi connectivity index (χ0v) is 9.27. The Balaban J connectivity index is 3.75. The Kier molecular flexibility index (Phi) is 6.70. The number of nitrogens with two attached hydrogens (primary N) is 2. The lowest BCUT2D eigenvalue weighted by atomic mass is 10.2. The minimum atomic E-state index is -1.18. The van der Waals surface area contributed by atoms with Crippen molar-refractivity contribution in [2.24, 2.45) is 11.5 Å².